The molecule has 2 aromatic rings. The van der Waals surface area contributed by atoms with Gasteiger partial charge in [0.2, 0.25) is 0 Å². The van der Waals surface area contributed by atoms with E-state index in [0.717, 1.165) is 42.1 Å². The Kier molecular flexibility index (Phi) is 17.1. The Hall–Kier alpha value is -1.99. The largest absolute Gasteiger partial charge is 0.251 e. The smallest absolute Gasteiger partial charge is 0.0848 e. The van der Waals surface area contributed by atoms with Crippen molar-refractivity contribution in [2.75, 3.05) is 0 Å². The molecule has 0 spiro atoms. The first-order valence-corrected chi connectivity index (χ1v) is 12.8. The fraction of sp³-hybridized carbons (Fsp3) is 0.467. The van der Waals surface area contributed by atoms with Crippen LogP contribution in [-0.2, 0) is 16.5 Å². The molecule has 0 atom stereocenters. The second kappa shape index (κ2) is 19.5. The Balaban J connectivity index is 0.00000544. The van der Waals surface area contributed by atoms with E-state index >= 15 is 0 Å². The molecule has 0 radical (unpaired) electrons. The Morgan fingerprint density at radius 3 is 1.76 bits per heavy atom. The summed E-state index contributed by atoms with van der Waals surface area (Å²) in [5, 5.41) is 0. The number of hydrogen-bond acceptors (Lipinski definition) is 2. The molecule has 0 heterocycles. The standard InChI is InChI=1S/C30H42N2.Ni/c1-3-5-7-9-11-19-25-29(31-27-21-15-13-16-22-27)30(26-20-12-10-8-6-4-2)32-28-23-17-14-18-24-28;/h13-19,21-25H,3-12,20,26H2,1-2H3;. The Morgan fingerprint density at radius 1 is 0.636 bits per heavy atom. The first kappa shape index (κ1) is 29.0. The number of allylic oxidation sites excluding steroid dienone is 2. The zero-order valence-electron chi connectivity index (χ0n) is 20.6. The summed E-state index contributed by atoms with van der Waals surface area (Å²) in [4.78, 5) is 10.1. The monoisotopic (exact) mass is 488 g/mol. The third-order valence-corrected chi connectivity index (χ3v) is 5.59. The number of hydrogen-bond donors (Lipinski definition) is 0. The van der Waals surface area contributed by atoms with Gasteiger partial charge in [0.1, 0.15) is 0 Å². The molecule has 3 heteroatoms. The average Bonchev–Trinajstić information content (AvgIpc) is 2.83. The molecule has 2 aromatic carbocycles. The quantitative estimate of drug-likeness (QED) is 0.127. The second-order valence-electron chi connectivity index (χ2n) is 8.50. The van der Waals surface area contributed by atoms with Crippen LogP contribution in [0, 0.1) is 0 Å². The summed E-state index contributed by atoms with van der Waals surface area (Å²) in [7, 11) is 0. The van der Waals surface area contributed by atoms with Crippen LogP contribution in [0.15, 0.2) is 82.8 Å². The zero-order chi connectivity index (χ0) is 22.7. The van der Waals surface area contributed by atoms with Gasteiger partial charge in [-0.15, -0.1) is 0 Å². The van der Waals surface area contributed by atoms with Crippen LogP contribution in [-0.4, -0.2) is 11.4 Å². The maximum atomic E-state index is 5.05. The van der Waals surface area contributed by atoms with Gasteiger partial charge in [0.15, 0.2) is 0 Å². The summed E-state index contributed by atoms with van der Waals surface area (Å²) in [5.74, 6) is 0. The SMILES string of the molecule is CCCCCCC=CC(=Nc1ccccc1)C(CCCCCCCC)=Nc1ccccc1.[Ni]. The van der Waals surface area contributed by atoms with Crippen LogP contribution in [0.2, 0.25) is 0 Å². The van der Waals surface area contributed by atoms with Crippen molar-refractivity contribution in [1.82, 2.24) is 0 Å². The van der Waals surface area contributed by atoms with Gasteiger partial charge in [0, 0.05) is 16.5 Å². The molecular weight excluding hydrogens is 447 g/mol. The van der Waals surface area contributed by atoms with Crippen molar-refractivity contribution in [1.29, 1.82) is 0 Å². The molecule has 182 valence electrons. The fourth-order valence-corrected chi connectivity index (χ4v) is 3.70. The predicted molar refractivity (Wildman–Crippen MR) is 143 cm³/mol. The molecule has 0 fully saturated rings. The summed E-state index contributed by atoms with van der Waals surface area (Å²) >= 11 is 0. The number of para-hydroxylation sites is 2. The third-order valence-electron chi connectivity index (χ3n) is 5.59. The van der Waals surface area contributed by atoms with Gasteiger partial charge >= 0.3 is 0 Å². The van der Waals surface area contributed by atoms with Crippen LogP contribution in [0.4, 0.5) is 11.4 Å². The molecule has 2 rings (SSSR count). The molecule has 0 aliphatic rings. The summed E-state index contributed by atoms with van der Waals surface area (Å²) in [6.07, 6.45) is 19.4. The van der Waals surface area contributed by atoms with E-state index in [0.29, 0.717) is 0 Å². The molecule has 0 bridgehead atoms. The van der Waals surface area contributed by atoms with Crippen molar-refractivity contribution in [2.24, 2.45) is 9.98 Å². The van der Waals surface area contributed by atoms with E-state index in [4.69, 9.17) is 9.98 Å². The predicted octanol–water partition coefficient (Wildman–Crippen LogP) is 9.81. The first-order valence-electron chi connectivity index (χ1n) is 12.8. The molecule has 0 saturated carbocycles. The van der Waals surface area contributed by atoms with E-state index in [9.17, 15) is 0 Å². The van der Waals surface area contributed by atoms with Gasteiger partial charge in [-0.3, -0.25) is 4.99 Å². The summed E-state index contributed by atoms with van der Waals surface area (Å²) in [5.41, 5.74) is 4.09. The van der Waals surface area contributed by atoms with Gasteiger partial charge in [0.05, 0.1) is 22.8 Å². The van der Waals surface area contributed by atoms with Crippen LogP contribution in [0.3, 0.4) is 0 Å². The molecule has 0 aromatic heterocycles. The number of unbranched alkanes of at least 4 members (excludes halogenated alkanes) is 9. The first-order chi connectivity index (χ1) is 15.8. The Bertz CT molecular complexity index is 810. The van der Waals surface area contributed by atoms with Crippen molar-refractivity contribution < 1.29 is 16.5 Å². The van der Waals surface area contributed by atoms with Gasteiger partial charge < -0.3 is 0 Å². The molecule has 0 aliphatic heterocycles. The van der Waals surface area contributed by atoms with Gasteiger partial charge in [-0.1, -0.05) is 108 Å². The van der Waals surface area contributed by atoms with Gasteiger partial charge in [0.25, 0.3) is 0 Å². The number of rotatable bonds is 16. The number of aliphatic imine (C=N–C) groups is 2. The van der Waals surface area contributed by atoms with Crippen LogP contribution < -0.4 is 0 Å². The van der Waals surface area contributed by atoms with Crippen LogP contribution in [0.25, 0.3) is 0 Å². The summed E-state index contributed by atoms with van der Waals surface area (Å²) < 4.78 is 0. The maximum absolute atomic E-state index is 5.05. The molecule has 0 saturated heterocycles. The topological polar surface area (TPSA) is 24.7 Å². The maximum Gasteiger partial charge on any atom is 0.0848 e. The molecule has 0 amide bonds. The molecule has 2 nitrogen and oxygen atoms in total. The van der Waals surface area contributed by atoms with E-state index in [2.05, 4.69) is 62.4 Å². The molecule has 0 N–H and O–H groups in total. The number of benzene rings is 2. The second-order valence-corrected chi connectivity index (χ2v) is 8.50. The third kappa shape index (κ3) is 13.3. The normalized spacial score (nSPS) is 12.2. The van der Waals surface area contributed by atoms with Gasteiger partial charge in [-0.25, -0.2) is 4.99 Å². The summed E-state index contributed by atoms with van der Waals surface area (Å²) in [6, 6.07) is 20.6. The van der Waals surface area contributed by atoms with Crippen LogP contribution >= 0.6 is 0 Å². The number of nitrogens with zero attached hydrogens (tertiary/aromatic N) is 2. The molecule has 33 heavy (non-hydrogen) atoms. The summed E-state index contributed by atoms with van der Waals surface area (Å²) in [6.45, 7) is 4.53. The minimum atomic E-state index is 0. The van der Waals surface area contributed by atoms with E-state index in [1.165, 1.54) is 57.8 Å². The van der Waals surface area contributed by atoms with Crippen LogP contribution in [0.1, 0.15) is 90.9 Å². The Labute approximate surface area is 212 Å². The molecule has 0 unspecified atom stereocenters. The van der Waals surface area contributed by atoms with Gasteiger partial charge in [-0.2, -0.15) is 0 Å². The van der Waals surface area contributed by atoms with E-state index in [1.54, 1.807) is 0 Å². The fourth-order valence-electron chi connectivity index (χ4n) is 3.70. The molecular formula is C30H42N2Ni. The van der Waals surface area contributed by atoms with E-state index in [-0.39, 0.29) is 16.5 Å². The van der Waals surface area contributed by atoms with E-state index < -0.39 is 0 Å². The Morgan fingerprint density at radius 2 is 1.15 bits per heavy atom. The van der Waals surface area contributed by atoms with Crippen LogP contribution in [0.5, 0.6) is 0 Å². The minimum absolute atomic E-state index is 0. The van der Waals surface area contributed by atoms with Gasteiger partial charge in [-0.05, 0) is 56.0 Å². The van der Waals surface area contributed by atoms with Crippen molar-refractivity contribution in [3.63, 3.8) is 0 Å². The average molecular weight is 489 g/mol. The zero-order valence-corrected chi connectivity index (χ0v) is 21.6. The minimum Gasteiger partial charge on any atom is -0.251 e. The van der Waals surface area contributed by atoms with Crippen molar-refractivity contribution in [2.45, 2.75) is 90.9 Å². The van der Waals surface area contributed by atoms with Crippen molar-refractivity contribution >= 4 is 22.8 Å². The van der Waals surface area contributed by atoms with Crippen molar-refractivity contribution in [3.8, 4) is 0 Å². The van der Waals surface area contributed by atoms with E-state index in [1.807, 2.05) is 24.3 Å². The van der Waals surface area contributed by atoms with Crippen molar-refractivity contribution in [3.05, 3.63) is 72.8 Å². The molecule has 0 aliphatic carbocycles.